The Labute approximate surface area is 229 Å². The maximum atomic E-state index is 12.9. The van der Waals surface area contributed by atoms with Gasteiger partial charge in [-0.3, -0.25) is 4.79 Å². The van der Waals surface area contributed by atoms with Gasteiger partial charge in [0.1, 0.15) is 6.61 Å². The molecule has 8 nitrogen and oxygen atoms in total. The van der Waals surface area contributed by atoms with Crippen LogP contribution in [-0.4, -0.2) is 57.3 Å². The van der Waals surface area contributed by atoms with Crippen LogP contribution in [0, 0.1) is 35.5 Å². The van der Waals surface area contributed by atoms with Crippen LogP contribution in [0.1, 0.15) is 80.6 Å². The van der Waals surface area contributed by atoms with Gasteiger partial charge in [0, 0.05) is 35.1 Å². The van der Waals surface area contributed by atoms with Crippen molar-refractivity contribution in [3.63, 3.8) is 0 Å². The van der Waals surface area contributed by atoms with E-state index in [1.807, 2.05) is 25.1 Å². The van der Waals surface area contributed by atoms with E-state index in [0.717, 1.165) is 30.4 Å². The fourth-order valence-electron chi connectivity index (χ4n) is 9.45. The molecule has 210 valence electrons. The number of benzene rings is 1. The third-order valence-corrected chi connectivity index (χ3v) is 11.5. The van der Waals surface area contributed by atoms with Crippen molar-refractivity contribution in [3.05, 3.63) is 47.0 Å². The number of carbonyl (C=O) groups excluding carboxylic acids is 2. The third kappa shape index (κ3) is 3.85. The van der Waals surface area contributed by atoms with Gasteiger partial charge in [0.25, 0.3) is 5.91 Å². The molecular formula is C31H40N2O6. The molecule has 4 fully saturated rings. The fourth-order valence-corrected chi connectivity index (χ4v) is 9.45. The summed E-state index contributed by atoms with van der Waals surface area (Å²) in [6.07, 6.45) is 8.21. The van der Waals surface area contributed by atoms with Crippen LogP contribution in [0.4, 0.5) is 0 Å². The van der Waals surface area contributed by atoms with Gasteiger partial charge in [-0.1, -0.05) is 25.1 Å². The Bertz CT molecular complexity index is 1250. The number of hydrazone groups is 1. The number of carbonyl (C=O) groups is 2. The Kier molecular flexibility index (Phi) is 6.32. The number of aryl methyl sites for hydroxylation is 1. The summed E-state index contributed by atoms with van der Waals surface area (Å²) in [6.45, 7) is 4.35. The summed E-state index contributed by atoms with van der Waals surface area (Å²) in [5, 5.41) is 39.6. The second-order valence-electron chi connectivity index (χ2n) is 13.0. The van der Waals surface area contributed by atoms with Crippen LogP contribution in [0.15, 0.2) is 41.0 Å². The maximum absolute atomic E-state index is 12.9. The van der Waals surface area contributed by atoms with E-state index in [-0.39, 0.29) is 36.1 Å². The number of aliphatic hydroxyl groups excluding tert-OH is 1. The normalized spacial score (nSPS) is 43.3. The summed E-state index contributed by atoms with van der Waals surface area (Å²) in [5.74, 6) is -0.627. The monoisotopic (exact) mass is 536 g/mol. The van der Waals surface area contributed by atoms with E-state index in [0.29, 0.717) is 44.3 Å². The molecule has 8 heteroatoms. The van der Waals surface area contributed by atoms with Gasteiger partial charge in [0.05, 0.1) is 17.3 Å². The average Bonchev–Trinajstić information content (AvgIpc) is 3.44. The molecule has 0 unspecified atom stereocenters. The summed E-state index contributed by atoms with van der Waals surface area (Å²) < 4.78 is 5.23. The molecule has 1 heterocycles. The molecule has 0 aromatic heterocycles. The van der Waals surface area contributed by atoms with Gasteiger partial charge in [-0.05, 0) is 93.2 Å². The molecule has 8 atom stereocenters. The summed E-state index contributed by atoms with van der Waals surface area (Å²) in [5.41, 5.74) is 1.80. The molecule has 6 rings (SSSR count). The number of amides is 1. The van der Waals surface area contributed by atoms with E-state index >= 15 is 0 Å². The molecule has 5 aliphatic rings. The Hall–Kier alpha value is -2.55. The Morgan fingerprint density at radius 2 is 1.85 bits per heavy atom. The summed E-state index contributed by atoms with van der Waals surface area (Å²) >= 11 is 0. The number of nitrogens with zero attached hydrogens (tertiary/aromatic N) is 1. The summed E-state index contributed by atoms with van der Waals surface area (Å²) in [7, 11) is 0. The molecule has 0 spiro atoms. The lowest BCUT2D eigenvalue weighted by Gasteiger charge is -2.65. The zero-order valence-corrected chi connectivity index (χ0v) is 22.9. The second kappa shape index (κ2) is 9.25. The van der Waals surface area contributed by atoms with E-state index in [9.17, 15) is 24.9 Å². The SMILES string of the molecule is Cc1ccccc1C(=O)N/N=C\[C@]12CC[C@@H](O)C[C@@]1(O)CC[C@@H]1[C@@H]2CC[C@]2(C)[C@@H](C3=CC(=O)OC3)CC[C@@]12O. The highest BCUT2D eigenvalue weighted by atomic mass is 16.5. The zero-order chi connectivity index (χ0) is 27.6. The van der Waals surface area contributed by atoms with Crippen molar-refractivity contribution < 1.29 is 29.6 Å². The van der Waals surface area contributed by atoms with Crippen molar-refractivity contribution in [1.82, 2.24) is 5.43 Å². The van der Waals surface area contributed by atoms with Crippen LogP contribution in [0.25, 0.3) is 0 Å². The van der Waals surface area contributed by atoms with Crippen LogP contribution in [0.5, 0.6) is 0 Å². The number of rotatable bonds is 4. The third-order valence-electron chi connectivity index (χ3n) is 11.5. The predicted molar refractivity (Wildman–Crippen MR) is 145 cm³/mol. The first-order chi connectivity index (χ1) is 18.5. The van der Waals surface area contributed by atoms with Crippen LogP contribution in [-0.2, 0) is 9.53 Å². The molecule has 39 heavy (non-hydrogen) atoms. The van der Waals surface area contributed by atoms with Crippen molar-refractivity contribution >= 4 is 18.1 Å². The van der Waals surface area contributed by atoms with Gasteiger partial charge in [-0.2, -0.15) is 5.10 Å². The second-order valence-corrected chi connectivity index (χ2v) is 13.0. The van der Waals surface area contributed by atoms with Crippen LogP contribution >= 0.6 is 0 Å². The predicted octanol–water partition coefficient (Wildman–Crippen LogP) is 3.42. The molecule has 4 saturated carbocycles. The van der Waals surface area contributed by atoms with E-state index < -0.39 is 28.1 Å². The number of ether oxygens (including phenoxy) is 1. The molecule has 0 radical (unpaired) electrons. The van der Waals surface area contributed by atoms with Gasteiger partial charge < -0.3 is 20.1 Å². The van der Waals surface area contributed by atoms with Gasteiger partial charge in [0.2, 0.25) is 0 Å². The molecule has 0 bridgehead atoms. The van der Waals surface area contributed by atoms with E-state index in [1.165, 1.54) is 0 Å². The number of esters is 1. The lowest BCUT2D eigenvalue weighted by atomic mass is 9.41. The maximum Gasteiger partial charge on any atom is 0.331 e. The number of cyclic esters (lactones) is 1. The smallest absolute Gasteiger partial charge is 0.331 e. The van der Waals surface area contributed by atoms with Crippen molar-refractivity contribution in [2.24, 2.45) is 33.7 Å². The van der Waals surface area contributed by atoms with Gasteiger partial charge in [0.15, 0.2) is 0 Å². The number of aliphatic hydroxyl groups is 3. The molecule has 4 N–H and O–H groups in total. The van der Waals surface area contributed by atoms with E-state index in [1.54, 1.807) is 18.4 Å². The minimum absolute atomic E-state index is 0.0462. The molecule has 4 aliphatic carbocycles. The first kappa shape index (κ1) is 26.7. The number of nitrogens with one attached hydrogen (secondary N) is 1. The topological polar surface area (TPSA) is 128 Å². The Morgan fingerprint density at radius 1 is 1.08 bits per heavy atom. The standard InChI is InChI=1S/C31H40N2O6/c1-19-5-3-4-6-22(19)27(36)33-32-18-29-12-7-21(34)16-30(29,37)13-9-25-24(29)8-11-28(2)23(10-14-31(25,28)38)20-15-26(35)39-17-20/h3-6,15,18,21,23-25,34,37-38H,7-14,16-17H2,1-2H3,(H,33,36)/b32-18-/t21-,23-,24+,25-,28-,29+,30+,31-/m1/s1. The van der Waals surface area contributed by atoms with Gasteiger partial charge in [-0.15, -0.1) is 0 Å². The van der Waals surface area contributed by atoms with Crippen LogP contribution < -0.4 is 5.43 Å². The lowest BCUT2D eigenvalue weighted by Crippen LogP contribution is -2.68. The Morgan fingerprint density at radius 3 is 2.59 bits per heavy atom. The molecule has 1 amide bonds. The molecule has 1 aromatic carbocycles. The molecular weight excluding hydrogens is 496 g/mol. The number of hydrogen-bond acceptors (Lipinski definition) is 7. The minimum atomic E-state index is -1.17. The van der Waals surface area contributed by atoms with Crippen LogP contribution in [0.3, 0.4) is 0 Å². The first-order valence-electron chi connectivity index (χ1n) is 14.4. The average molecular weight is 537 g/mol. The molecule has 1 aliphatic heterocycles. The van der Waals surface area contributed by atoms with Gasteiger partial charge >= 0.3 is 5.97 Å². The van der Waals surface area contributed by atoms with Crippen molar-refractivity contribution in [1.29, 1.82) is 0 Å². The van der Waals surface area contributed by atoms with Gasteiger partial charge in [-0.25, -0.2) is 10.2 Å². The fraction of sp³-hybridized carbons (Fsp3) is 0.645. The largest absolute Gasteiger partial charge is 0.458 e. The minimum Gasteiger partial charge on any atom is -0.458 e. The van der Waals surface area contributed by atoms with E-state index in [4.69, 9.17) is 4.74 Å². The van der Waals surface area contributed by atoms with Crippen molar-refractivity contribution in [2.45, 2.75) is 88.9 Å². The zero-order valence-electron chi connectivity index (χ0n) is 22.9. The highest BCUT2D eigenvalue weighted by molar-refractivity contribution is 5.95. The quantitative estimate of drug-likeness (QED) is 0.265. The highest BCUT2D eigenvalue weighted by Gasteiger charge is 2.71. The molecule has 1 aromatic rings. The Balaban J connectivity index is 1.33. The lowest BCUT2D eigenvalue weighted by molar-refractivity contribution is -0.237. The van der Waals surface area contributed by atoms with Crippen LogP contribution in [0.2, 0.25) is 0 Å². The number of hydrogen-bond donors (Lipinski definition) is 4. The first-order valence-corrected chi connectivity index (χ1v) is 14.4. The summed E-state index contributed by atoms with van der Waals surface area (Å²) in [4.78, 5) is 24.7. The van der Waals surface area contributed by atoms with E-state index in [2.05, 4.69) is 17.5 Å². The number of fused-ring (bicyclic) bond motifs is 5. The van der Waals surface area contributed by atoms with Crippen molar-refractivity contribution in [2.75, 3.05) is 6.61 Å². The van der Waals surface area contributed by atoms with Crippen molar-refractivity contribution in [3.8, 4) is 0 Å². The highest BCUT2D eigenvalue weighted by Crippen LogP contribution is 2.70. The molecule has 0 saturated heterocycles. The summed E-state index contributed by atoms with van der Waals surface area (Å²) in [6, 6.07) is 7.33.